The first-order valence-electron chi connectivity index (χ1n) is 7.94. The third-order valence-corrected chi connectivity index (χ3v) is 3.67. The van der Waals surface area contributed by atoms with Crippen LogP contribution in [0.5, 0.6) is 0 Å². The van der Waals surface area contributed by atoms with E-state index in [0.717, 1.165) is 18.8 Å². The van der Waals surface area contributed by atoms with Crippen LogP contribution in [0, 0.1) is 0 Å². The lowest BCUT2D eigenvalue weighted by molar-refractivity contribution is 0.547. The van der Waals surface area contributed by atoms with E-state index in [1.807, 2.05) is 45.0 Å². The number of hydrogen-bond acceptors (Lipinski definition) is 5. The third kappa shape index (κ3) is 4.09. The summed E-state index contributed by atoms with van der Waals surface area (Å²) >= 11 is 0. The van der Waals surface area contributed by atoms with Crippen LogP contribution in [0.25, 0.3) is 0 Å². The molecule has 2 aromatic rings. The summed E-state index contributed by atoms with van der Waals surface area (Å²) in [6.45, 7) is 12.0. The number of aromatic nitrogens is 3. The Labute approximate surface area is 137 Å². The molecule has 124 valence electrons. The van der Waals surface area contributed by atoms with E-state index in [-0.39, 0.29) is 11.0 Å². The quantitative estimate of drug-likeness (QED) is 0.887. The zero-order valence-corrected chi connectivity index (χ0v) is 14.5. The molecule has 1 aromatic carbocycles. The number of benzene rings is 1. The molecule has 2 rings (SSSR count). The smallest absolute Gasteiger partial charge is 0.274 e. The number of anilines is 3. The van der Waals surface area contributed by atoms with Crippen LogP contribution in [0.1, 0.15) is 40.3 Å². The van der Waals surface area contributed by atoms with Crippen LogP contribution in [0.3, 0.4) is 0 Å². The lowest BCUT2D eigenvalue weighted by Crippen LogP contribution is -2.28. The van der Waals surface area contributed by atoms with Crippen molar-refractivity contribution in [3.05, 3.63) is 40.3 Å². The molecule has 1 aromatic heterocycles. The van der Waals surface area contributed by atoms with Crippen molar-refractivity contribution in [2.45, 2.75) is 40.0 Å². The fraction of sp³-hybridized carbons (Fsp3) is 0.471. The number of aromatic amines is 1. The highest BCUT2D eigenvalue weighted by molar-refractivity contribution is 5.59. The minimum Gasteiger partial charge on any atom is -0.372 e. The fourth-order valence-electron chi connectivity index (χ4n) is 2.37. The maximum Gasteiger partial charge on any atom is 0.274 e. The Bertz CT molecular complexity index is 696. The molecule has 6 heteroatoms. The van der Waals surface area contributed by atoms with E-state index in [4.69, 9.17) is 0 Å². The molecule has 2 N–H and O–H groups in total. The van der Waals surface area contributed by atoms with Crippen molar-refractivity contribution in [3.8, 4) is 0 Å². The standard InChI is InChI=1S/C17H25N5O/c1-6-22(7-2)13-10-8-12(9-11-13)18-16-19-15(23)14(20-21-16)17(3,4)5/h8-11H,6-7H2,1-5H3,(H2,18,19,21,23). The molecule has 0 unspecified atom stereocenters. The van der Waals surface area contributed by atoms with E-state index in [0.29, 0.717) is 11.6 Å². The summed E-state index contributed by atoms with van der Waals surface area (Å²) in [5.74, 6) is 0.346. The fourth-order valence-corrected chi connectivity index (χ4v) is 2.37. The van der Waals surface area contributed by atoms with Crippen molar-refractivity contribution in [3.63, 3.8) is 0 Å². The lowest BCUT2D eigenvalue weighted by Gasteiger charge is -2.21. The Morgan fingerprint density at radius 3 is 2.17 bits per heavy atom. The first-order valence-corrected chi connectivity index (χ1v) is 7.94. The Hall–Kier alpha value is -2.37. The van der Waals surface area contributed by atoms with Crippen LogP contribution in [0.2, 0.25) is 0 Å². The van der Waals surface area contributed by atoms with Crippen LogP contribution in [0.4, 0.5) is 17.3 Å². The maximum absolute atomic E-state index is 12.1. The zero-order valence-electron chi connectivity index (χ0n) is 14.5. The largest absolute Gasteiger partial charge is 0.372 e. The summed E-state index contributed by atoms with van der Waals surface area (Å²) in [6.07, 6.45) is 0. The highest BCUT2D eigenvalue weighted by Gasteiger charge is 2.20. The van der Waals surface area contributed by atoms with Crippen molar-refractivity contribution >= 4 is 17.3 Å². The van der Waals surface area contributed by atoms with Crippen molar-refractivity contribution in [1.82, 2.24) is 15.2 Å². The summed E-state index contributed by atoms with van der Waals surface area (Å²) in [5.41, 5.74) is 1.91. The van der Waals surface area contributed by atoms with Gasteiger partial charge in [-0.1, -0.05) is 20.8 Å². The van der Waals surface area contributed by atoms with Gasteiger partial charge in [-0.25, -0.2) is 0 Å². The second-order valence-electron chi connectivity index (χ2n) is 6.45. The van der Waals surface area contributed by atoms with E-state index in [1.165, 1.54) is 5.69 Å². The molecule has 0 aliphatic carbocycles. The summed E-state index contributed by atoms with van der Waals surface area (Å²) in [6, 6.07) is 8.02. The first kappa shape index (κ1) is 17.0. The van der Waals surface area contributed by atoms with Gasteiger partial charge in [0.2, 0.25) is 5.95 Å². The predicted octanol–water partition coefficient (Wildman–Crippen LogP) is 3.05. The molecule has 0 fully saturated rings. The van der Waals surface area contributed by atoms with Gasteiger partial charge < -0.3 is 10.2 Å². The van der Waals surface area contributed by atoms with Crippen molar-refractivity contribution in [1.29, 1.82) is 0 Å². The molecule has 0 saturated heterocycles. The average Bonchev–Trinajstić information content (AvgIpc) is 2.49. The van der Waals surface area contributed by atoms with Crippen molar-refractivity contribution < 1.29 is 0 Å². The molecule has 0 saturated carbocycles. The van der Waals surface area contributed by atoms with Crippen molar-refractivity contribution in [2.75, 3.05) is 23.3 Å². The summed E-state index contributed by atoms with van der Waals surface area (Å²) in [7, 11) is 0. The number of rotatable bonds is 5. The molecule has 0 radical (unpaired) electrons. The third-order valence-electron chi connectivity index (χ3n) is 3.67. The van der Waals surface area contributed by atoms with Gasteiger partial charge in [0.25, 0.3) is 5.56 Å². The Morgan fingerprint density at radius 2 is 1.70 bits per heavy atom. The molecule has 0 aliphatic heterocycles. The van der Waals surface area contributed by atoms with Gasteiger partial charge in [0, 0.05) is 29.9 Å². The molecule has 0 amide bonds. The second kappa shape index (κ2) is 6.81. The number of nitrogens with zero attached hydrogens (tertiary/aromatic N) is 3. The van der Waals surface area contributed by atoms with Crippen LogP contribution in [-0.4, -0.2) is 28.3 Å². The minimum atomic E-state index is -0.329. The monoisotopic (exact) mass is 315 g/mol. The number of H-pyrrole nitrogens is 1. The predicted molar refractivity (Wildman–Crippen MR) is 94.6 cm³/mol. The zero-order chi connectivity index (χ0) is 17.0. The van der Waals surface area contributed by atoms with Gasteiger partial charge in [-0.15, -0.1) is 10.2 Å². The minimum absolute atomic E-state index is 0.213. The van der Waals surface area contributed by atoms with Gasteiger partial charge in [0.1, 0.15) is 5.69 Å². The first-order chi connectivity index (χ1) is 10.8. The van der Waals surface area contributed by atoms with E-state index >= 15 is 0 Å². The molecule has 0 bridgehead atoms. The molecule has 23 heavy (non-hydrogen) atoms. The summed E-state index contributed by atoms with van der Waals surface area (Å²) in [5, 5.41) is 11.2. The molecule has 0 atom stereocenters. The normalized spacial score (nSPS) is 11.3. The topological polar surface area (TPSA) is 73.9 Å². The number of nitrogens with one attached hydrogen (secondary N) is 2. The molecular formula is C17H25N5O. The van der Waals surface area contributed by atoms with Gasteiger partial charge in [0.15, 0.2) is 0 Å². The van der Waals surface area contributed by atoms with Crippen LogP contribution in [-0.2, 0) is 5.41 Å². The Balaban J connectivity index is 2.17. The van der Waals surface area contributed by atoms with E-state index in [9.17, 15) is 4.79 Å². The van der Waals surface area contributed by atoms with Crippen LogP contribution >= 0.6 is 0 Å². The van der Waals surface area contributed by atoms with Gasteiger partial charge in [-0.3, -0.25) is 9.78 Å². The van der Waals surface area contributed by atoms with Crippen LogP contribution < -0.4 is 15.8 Å². The maximum atomic E-state index is 12.1. The molecular weight excluding hydrogens is 290 g/mol. The Morgan fingerprint density at radius 1 is 1.09 bits per heavy atom. The van der Waals surface area contributed by atoms with E-state index in [2.05, 4.69) is 39.2 Å². The highest BCUT2D eigenvalue weighted by atomic mass is 16.1. The van der Waals surface area contributed by atoms with Crippen molar-refractivity contribution in [2.24, 2.45) is 0 Å². The molecule has 1 heterocycles. The van der Waals surface area contributed by atoms with E-state index in [1.54, 1.807) is 0 Å². The second-order valence-corrected chi connectivity index (χ2v) is 6.45. The van der Waals surface area contributed by atoms with Gasteiger partial charge in [0.05, 0.1) is 0 Å². The Kier molecular flexibility index (Phi) is 5.03. The number of hydrogen-bond donors (Lipinski definition) is 2. The lowest BCUT2D eigenvalue weighted by atomic mass is 9.93. The van der Waals surface area contributed by atoms with Gasteiger partial charge in [-0.05, 0) is 38.1 Å². The highest BCUT2D eigenvalue weighted by Crippen LogP contribution is 2.20. The van der Waals surface area contributed by atoms with Crippen LogP contribution in [0.15, 0.2) is 29.1 Å². The molecule has 6 nitrogen and oxygen atoms in total. The SMILES string of the molecule is CCN(CC)c1ccc(Nc2nnc(C(C)(C)C)c(=O)[nH]2)cc1. The van der Waals surface area contributed by atoms with Gasteiger partial charge >= 0.3 is 0 Å². The molecule has 0 spiro atoms. The summed E-state index contributed by atoms with van der Waals surface area (Å²) < 4.78 is 0. The molecule has 0 aliphatic rings. The summed E-state index contributed by atoms with van der Waals surface area (Å²) in [4.78, 5) is 17.1. The van der Waals surface area contributed by atoms with E-state index < -0.39 is 0 Å². The van der Waals surface area contributed by atoms with Gasteiger partial charge in [-0.2, -0.15) is 0 Å². The average molecular weight is 315 g/mol.